The zero-order valence-corrected chi connectivity index (χ0v) is 13.5. The van der Waals surface area contributed by atoms with Crippen molar-refractivity contribution in [1.82, 2.24) is 5.32 Å². The third kappa shape index (κ3) is 3.44. The zero-order valence-electron chi connectivity index (χ0n) is 13.5. The molecule has 0 aromatic heterocycles. The second-order valence-corrected chi connectivity index (χ2v) is 7.84. The average molecular weight is 292 g/mol. The van der Waals surface area contributed by atoms with Crippen LogP contribution in [0, 0.1) is 23.7 Å². The quantitative estimate of drug-likeness (QED) is 0.839. The van der Waals surface area contributed by atoms with Crippen LogP contribution in [0.1, 0.15) is 71.1 Å². The molecule has 3 nitrogen and oxygen atoms in total. The molecule has 3 saturated carbocycles. The van der Waals surface area contributed by atoms with Crippen LogP contribution in [0.3, 0.4) is 0 Å². The van der Waals surface area contributed by atoms with Crippen molar-refractivity contribution in [3.05, 3.63) is 0 Å². The van der Waals surface area contributed by atoms with E-state index < -0.39 is 0 Å². The molecule has 120 valence electrons. The Balaban J connectivity index is 1.53. The first-order chi connectivity index (χ1) is 10.2. The molecular weight excluding hydrogens is 260 g/mol. The Labute approximate surface area is 129 Å². The molecule has 0 saturated heterocycles. The van der Waals surface area contributed by atoms with Gasteiger partial charge in [0.1, 0.15) is 0 Å². The van der Waals surface area contributed by atoms with Gasteiger partial charge < -0.3 is 11.1 Å². The molecule has 3 heteroatoms. The van der Waals surface area contributed by atoms with Crippen LogP contribution in [0.15, 0.2) is 0 Å². The summed E-state index contributed by atoms with van der Waals surface area (Å²) in [6.07, 6.45) is 12.1. The molecular formula is C18H32N2O. The molecule has 0 spiro atoms. The number of hydrogen-bond donors (Lipinski definition) is 2. The van der Waals surface area contributed by atoms with Crippen LogP contribution in [-0.2, 0) is 4.79 Å². The number of carbonyl (C=O) groups excluding carboxylic acids is 1. The highest BCUT2D eigenvalue weighted by Crippen LogP contribution is 2.42. The molecule has 3 aliphatic carbocycles. The van der Waals surface area contributed by atoms with Crippen LogP contribution in [-0.4, -0.2) is 18.0 Å². The smallest absolute Gasteiger partial charge is 0.223 e. The van der Waals surface area contributed by atoms with Crippen LogP contribution in [0.2, 0.25) is 0 Å². The van der Waals surface area contributed by atoms with E-state index >= 15 is 0 Å². The molecule has 4 atom stereocenters. The van der Waals surface area contributed by atoms with Crippen molar-refractivity contribution in [2.75, 3.05) is 0 Å². The van der Waals surface area contributed by atoms with Gasteiger partial charge in [-0.25, -0.2) is 0 Å². The van der Waals surface area contributed by atoms with Crippen molar-refractivity contribution in [1.29, 1.82) is 0 Å². The minimum atomic E-state index is 0.238. The Bertz CT molecular complexity index is 356. The van der Waals surface area contributed by atoms with Crippen LogP contribution < -0.4 is 11.1 Å². The van der Waals surface area contributed by atoms with Crippen molar-refractivity contribution in [2.45, 2.75) is 83.2 Å². The molecule has 3 N–H and O–H groups in total. The first kappa shape index (κ1) is 15.3. The third-order valence-corrected chi connectivity index (χ3v) is 6.49. The Hall–Kier alpha value is -0.570. The molecule has 3 aliphatic rings. The van der Waals surface area contributed by atoms with E-state index in [9.17, 15) is 4.79 Å². The van der Waals surface area contributed by atoms with E-state index in [1.807, 2.05) is 0 Å². The highest BCUT2D eigenvalue weighted by Gasteiger charge is 2.40. The number of nitrogens with two attached hydrogens (primary N) is 1. The van der Waals surface area contributed by atoms with Gasteiger partial charge in [-0.05, 0) is 56.3 Å². The van der Waals surface area contributed by atoms with Gasteiger partial charge in [0, 0.05) is 18.0 Å². The van der Waals surface area contributed by atoms with Gasteiger partial charge in [0.25, 0.3) is 0 Å². The predicted octanol–water partition coefficient (Wildman–Crippen LogP) is 3.23. The molecule has 0 heterocycles. The van der Waals surface area contributed by atoms with Crippen LogP contribution in [0.4, 0.5) is 0 Å². The van der Waals surface area contributed by atoms with Gasteiger partial charge in [-0.15, -0.1) is 0 Å². The van der Waals surface area contributed by atoms with Gasteiger partial charge in [0.15, 0.2) is 0 Å². The molecule has 21 heavy (non-hydrogen) atoms. The maximum Gasteiger partial charge on any atom is 0.223 e. The highest BCUT2D eigenvalue weighted by molar-refractivity contribution is 5.79. The van der Waals surface area contributed by atoms with Crippen LogP contribution in [0.5, 0.6) is 0 Å². The van der Waals surface area contributed by atoms with Crippen molar-refractivity contribution in [3.63, 3.8) is 0 Å². The molecule has 0 aliphatic heterocycles. The van der Waals surface area contributed by atoms with Crippen molar-refractivity contribution < 1.29 is 4.79 Å². The fraction of sp³-hybridized carbons (Fsp3) is 0.944. The van der Waals surface area contributed by atoms with Crippen molar-refractivity contribution in [3.8, 4) is 0 Å². The Morgan fingerprint density at radius 2 is 1.71 bits per heavy atom. The van der Waals surface area contributed by atoms with E-state index in [2.05, 4.69) is 12.2 Å². The first-order valence-corrected chi connectivity index (χ1v) is 9.23. The minimum absolute atomic E-state index is 0.238. The summed E-state index contributed by atoms with van der Waals surface area (Å²) in [6, 6.07) is 0.800. The molecule has 0 aromatic carbocycles. The normalized spacial score (nSPS) is 43.3. The van der Waals surface area contributed by atoms with E-state index in [-0.39, 0.29) is 5.92 Å². The number of fused-ring (bicyclic) bond motifs is 2. The fourth-order valence-electron chi connectivity index (χ4n) is 5.12. The lowest BCUT2D eigenvalue weighted by molar-refractivity contribution is -0.129. The largest absolute Gasteiger partial charge is 0.353 e. The van der Waals surface area contributed by atoms with E-state index in [1.165, 1.54) is 51.4 Å². The SMILES string of the molecule is CCC1CCCC(NC(=O)C2CC3CCCC(C2)C3N)C1. The lowest BCUT2D eigenvalue weighted by Gasteiger charge is -2.44. The topological polar surface area (TPSA) is 55.1 Å². The summed E-state index contributed by atoms with van der Waals surface area (Å²) < 4.78 is 0. The van der Waals surface area contributed by atoms with Gasteiger partial charge in [0.2, 0.25) is 5.91 Å². The van der Waals surface area contributed by atoms with Crippen LogP contribution in [0.25, 0.3) is 0 Å². The van der Waals surface area contributed by atoms with Gasteiger partial charge >= 0.3 is 0 Å². The summed E-state index contributed by atoms with van der Waals surface area (Å²) in [4.78, 5) is 12.6. The lowest BCUT2D eigenvalue weighted by atomic mass is 9.65. The summed E-state index contributed by atoms with van der Waals surface area (Å²) in [5.74, 6) is 2.59. The van der Waals surface area contributed by atoms with Crippen molar-refractivity contribution in [2.24, 2.45) is 29.4 Å². The summed E-state index contributed by atoms with van der Waals surface area (Å²) in [5.41, 5.74) is 6.34. The maximum absolute atomic E-state index is 12.6. The summed E-state index contributed by atoms with van der Waals surface area (Å²) >= 11 is 0. The average Bonchev–Trinajstić information content (AvgIpc) is 2.47. The van der Waals surface area contributed by atoms with E-state index in [0.717, 1.165) is 18.8 Å². The van der Waals surface area contributed by atoms with E-state index in [0.29, 0.717) is 29.8 Å². The van der Waals surface area contributed by atoms with Crippen molar-refractivity contribution >= 4 is 5.91 Å². The summed E-state index contributed by atoms with van der Waals surface area (Å²) in [5, 5.41) is 3.38. The molecule has 0 aromatic rings. The Kier molecular flexibility index (Phi) is 4.88. The molecule has 4 unspecified atom stereocenters. The van der Waals surface area contributed by atoms with E-state index in [1.54, 1.807) is 0 Å². The highest BCUT2D eigenvalue weighted by atomic mass is 16.1. The molecule has 2 bridgehead atoms. The molecule has 0 radical (unpaired) electrons. The lowest BCUT2D eigenvalue weighted by Crippen LogP contribution is -2.50. The Morgan fingerprint density at radius 3 is 2.38 bits per heavy atom. The third-order valence-electron chi connectivity index (χ3n) is 6.49. The second-order valence-electron chi connectivity index (χ2n) is 7.84. The summed E-state index contributed by atoms with van der Waals surface area (Å²) in [6.45, 7) is 2.28. The number of nitrogens with one attached hydrogen (secondary N) is 1. The van der Waals surface area contributed by atoms with E-state index in [4.69, 9.17) is 5.73 Å². The number of rotatable bonds is 3. The monoisotopic (exact) mass is 292 g/mol. The predicted molar refractivity (Wildman–Crippen MR) is 85.7 cm³/mol. The fourth-order valence-corrected chi connectivity index (χ4v) is 5.12. The standard InChI is InChI=1S/C18H32N2O/c1-2-12-5-3-8-16(9-12)20-18(21)15-10-13-6-4-7-14(11-15)17(13)19/h12-17H,2-11,19H2,1H3,(H,20,21). The van der Waals surface area contributed by atoms with Gasteiger partial charge in [0.05, 0.1) is 0 Å². The van der Waals surface area contributed by atoms with Crippen LogP contribution >= 0.6 is 0 Å². The van der Waals surface area contributed by atoms with Gasteiger partial charge in [-0.2, -0.15) is 0 Å². The second kappa shape index (κ2) is 6.68. The molecule has 3 rings (SSSR count). The van der Waals surface area contributed by atoms with Gasteiger partial charge in [-0.3, -0.25) is 4.79 Å². The molecule has 1 amide bonds. The Morgan fingerprint density at radius 1 is 1.05 bits per heavy atom. The van der Waals surface area contributed by atoms with Gasteiger partial charge in [-0.1, -0.05) is 32.6 Å². The number of carbonyl (C=O) groups is 1. The molecule has 3 fully saturated rings. The number of amides is 1. The first-order valence-electron chi connectivity index (χ1n) is 9.23. The zero-order chi connectivity index (χ0) is 14.8. The number of hydrogen-bond acceptors (Lipinski definition) is 2. The summed E-state index contributed by atoms with van der Waals surface area (Å²) in [7, 11) is 0. The maximum atomic E-state index is 12.6. The minimum Gasteiger partial charge on any atom is -0.353 e.